The number of ketones is 2. The number of carbonyl (C=O) groups excluding carboxylic acids is 4. The topological polar surface area (TPSA) is 167 Å². The van der Waals surface area contributed by atoms with E-state index in [0.717, 1.165) is 18.4 Å². The second kappa shape index (κ2) is 11.6. The zero-order chi connectivity index (χ0) is 31.2. The number of nitrogens with one attached hydrogen (secondary N) is 1. The molecule has 3 saturated carbocycles. The largest absolute Gasteiger partial charge is 0.479 e. The molecular formula is C33H41NO9. The fourth-order valence-electron chi connectivity index (χ4n) is 8.87. The van der Waals surface area contributed by atoms with Crippen molar-refractivity contribution in [3.8, 4) is 0 Å². The van der Waals surface area contributed by atoms with E-state index in [1.165, 1.54) is 0 Å². The molecule has 1 amide bonds. The number of ether oxygens (including phenoxy) is 1. The van der Waals surface area contributed by atoms with Gasteiger partial charge in [0.1, 0.15) is 5.60 Å². The van der Waals surface area contributed by atoms with E-state index in [0.29, 0.717) is 24.8 Å². The van der Waals surface area contributed by atoms with Crippen LogP contribution in [0, 0.1) is 28.6 Å². The monoisotopic (exact) mass is 595 g/mol. The van der Waals surface area contributed by atoms with E-state index < -0.39 is 53.4 Å². The summed E-state index contributed by atoms with van der Waals surface area (Å²) in [5.41, 5.74) is -1.46. The highest BCUT2D eigenvalue weighted by molar-refractivity contribution is 5.92. The zero-order valence-corrected chi connectivity index (χ0v) is 24.7. The lowest BCUT2D eigenvalue weighted by Gasteiger charge is -2.60. The van der Waals surface area contributed by atoms with Gasteiger partial charge >= 0.3 is 11.9 Å². The van der Waals surface area contributed by atoms with Crippen LogP contribution in [-0.4, -0.2) is 63.0 Å². The van der Waals surface area contributed by atoms with E-state index in [2.05, 4.69) is 12.2 Å². The van der Waals surface area contributed by atoms with Gasteiger partial charge in [0.05, 0.1) is 12.5 Å². The minimum Gasteiger partial charge on any atom is -0.479 e. The number of Topliss-reactive ketones (excluding diaryl/α,β-unsaturated/α-hetero) is 1. The first kappa shape index (κ1) is 31.1. The van der Waals surface area contributed by atoms with Crippen LogP contribution in [0.1, 0.15) is 83.2 Å². The number of benzene rings is 1. The molecule has 10 nitrogen and oxygen atoms in total. The molecule has 10 heteroatoms. The van der Waals surface area contributed by atoms with E-state index in [9.17, 15) is 39.3 Å². The standard InChI is InChI=1S/C33H41NO9/c1-31-14-12-21(35)16-20(31)8-9-22-23-13-15-33(42,32(23,2)17-24(36)28(22)31)25(37)18-43-27(39)11-10-26(38)34-29(30(40)41)19-6-4-3-5-7-19/h3-7,16,22-24,28-29,36,42H,8-15,17-18H2,1-2H3,(H,34,38)(H,40,41)/t22-,23-,24+,28-,29+,31-,32+,33-/m1/s1. The first-order valence-corrected chi connectivity index (χ1v) is 15.2. The average Bonchev–Trinajstić information content (AvgIpc) is 3.24. The Balaban J connectivity index is 1.18. The minimum atomic E-state index is -1.77. The first-order chi connectivity index (χ1) is 20.3. The quantitative estimate of drug-likeness (QED) is 0.314. The molecule has 43 heavy (non-hydrogen) atoms. The molecule has 4 aliphatic carbocycles. The molecular weight excluding hydrogens is 554 g/mol. The molecule has 5 rings (SSSR count). The van der Waals surface area contributed by atoms with E-state index in [1.807, 2.05) is 6.92 Å². The number of carbonyl (C=O) groups is 5. The molecule has 0 heterocycles. The first-order valence-electron chi connectivity index (χ1n) is 15.2. The van der Waals surface area contributed by atoms with Crippen LogP contribution in [0.3, 0.4) is 0 Å². The fourth-order valence-corrected chi connectivity index (χ4v) is 8.87. The lowest BCUT2D eigenvalue weighted by molar-refractivity contribution is -0.184. The van der Waals surface area contributed by atoms with E-state index in [1.54, 1.807) is 36.4 Å². The lowest BCUT2D eigenvalue weighted by Crippen LogP contribution is -2.62. The number of carboxylic acid groups (broad SMARTS) is 1. The van der Waals surface area contributed by atoms with Crippen molar-refractivity contribution in [3.05, 3.63) is 47.5 Å². The highest BCUT2D eigenvalue weighted by atomic mass is 16.5. The fraction of sp³-hybridized carbons (Fsp3) is 0.606. The Morgan fingerprint density at radius 1 is 1.05 bits per heavy atom. The van der Waals surface area contributed by atoms with Crippen LogP contribution in [0.2, 0.25) is 0 Å². The number of allylic oxidation sites excluding steroid dienone is 1. The number of hydrogen-bond donors (Lipinski definition) is 4. The molecule has 3 fully saturated rings. The van der Waals surface area contributed by atoms with Crippen molar-refractivity contribution in [2.45, 2.75) is 89.4 Å². The van der Waals surface area contributed by atoms with Crippen molar-refractivity contribution in [2.24, 2.45) is 28.6 Å². The van der Waals surface area contributed by atoms with Crippen molar-refractivity contribution in [3.63, 3.8) is 0 Å². The Kier molecular flexibility index (Phi) is 8.39. The number of hydrogen-bond acceptors (Lipinski definition) is 8. The van der Waals surface area contributed by atoms with Crippen LogP contribution < -0.4 is 5.32 Å². The molecule has 0 spiro atoms. The number of carboxylic acids is 1. The minimum absolute atomic E-state index is 0.00274. The van der Waals surface area contributed by atoms with Crippen LogP contribution in [0.5, 0.6) is 0 Å². The molecule has 4 aliphatic rings. The molecule has 0 radical (unpaired) electrons. The smallest absolute Gasteiger partial charge is 0.330 e. The van der Waals surface area contributed by atoms with Crippen molar-refractivity contribution < 1.29 is 44.0 Å². The highest BCUT2D eigenvalue weighted by Crippen LogP contribution is 2.67. The van der Waals surface area contributed by atoms with Gasteiger partial charge in [0.15, 0.2) is 18.4 Å². The Hall–Kier alpha value is -3.37. The van der Waals surface area contributed by atoms with Crippen LogP contribution in [-0.2, 0) is 28.7 Å². The molecule has 1 aromatic carbocycles. The molecule has 8 atom stereocenters. The van der Waals surface area contributed by atoms with Crippen molar-refractivity contribution in [1.29, 1.82) is 0 Å². The Bertz CT molecular complexity index is 1340. The third kappa shape index (κ3) is 5.44. The number of amides is 1. The number of rotatable bonds is 9. The molecule has 232 valence electrons. The summed E-state index contributed by atoms with van der Waals surface area (Å²) in [4.78, 5) is 62.0. The molecule has 0 aliphatic heterocycles. The van der Waals surface area contributed by atoms with Crippen LogP contribution in [0.4, 0.5) is 0 Å². The summed E-state index contributed by atoms with van der Waals surface area (Å²) in [6, 6.07) is 6.91. The van der Waals surface area contributed by atoms with Gasteiger partial charge in [-0.3, -0.25) is 19.2 Å². The Morgan fingerprint density at radius 2 is 1.77 bits per heavy atom. The third-order valence-corrected chi connectivity index (χ3v) is 11.1. The molecule has 4 N–H and O–H groups in total. The van der Waals surface area contributed by atoms with Gasteiger partial charge in [-0.15, -0.1) is 0 Å². The van der Waals surface area contributed by atoms with Crippen LogP contribution >= 0.6 is 0 Å². The van der Waals surface area contributed by atoms with Gasteiger partial charge in [0.2, 0.25) is 11.7 Å². The van der Waals surface area contributed by atoms with Gasteiger partial charge in [-0.25, -0.2) is 4.79 Å². The summed E-state index contributed by atoms with van der Waals surface area (Å²) in [6.45, 7) is 3.35. The highest BCUT2D eigenvalue weighted by Gasteiger charge is 2.68. The number of aliphatic hydroxyl groups excluding tert-OH is 1. The van der Waals surface area contributed by atoms with E-state index in [-0.39, 0.29) is 54.6 Å². The average molecular weight is 596 g/mol. The van der Waals surface area contributed by atoms with E-state index >= 15 is 0 Å². The number of aliphatic carboxylic acids is 1. The summed E-state index contributed by atoms with van der Waals surface area (Å²) in [5.74, 6) is -3.16. The number of fused-ring (bicyclic) bond motifs is 5. The zero-order valence-electron chi connectivity index (χ0n) is 24.7. The second-order valence-corrected chi connectivity index (χ2v) is 13.3. The molecule has 1 aromatic rings. The van der Waals surface area contributed by atoms with Gasteiger partial charge in [-0.1, -0.05) is 49.8 Å². The molecule has 0 aromatic heterocycles. The number of aliphatic hydroxyl groups is 2. The summed E-state index contributed by atoms with van der Waals surface area (Å²) in [7, 11) is 0. The normalized spacial score (nSPS) is 35.4. The number of esters is 1. The Labute approximate surface area is 250 Å². The van der Waals surface area contributed by atoms with Crippen molar-refractivity contribution in [2.75, 3.05) is 6.61 Å². The molecule has 0 bridgehead atoms. The molecule has 0 saturated heterocycles. The van der Waals surface area contributed by atoms with Gasteiger partial charge < -0.3 is 25.4 Å². The summed E-state index contributed by atoms with van der Waals surface area (Å²) >= 11 is 0. The molecule has 0 unspecified atom stereocenters. The van der Waals surface area contributed by atoms with Gasteiger partial charge in [0, 0.05) is 18.3 Å². The maximum Gasteiger partial charge on any atom is 0.330 e. The Morgan fingerprint density at radius 3 is 2.47 bits per heavy atom. The van der Waals surface area contributed by atoms with Crippen LogP contribution in [0.25, 0.3) is 0 Å². The summed E-state index contributed by atoms with van der Waals surface area (Å²) < 4.78 is 5.18. The van der Waals surface area contributed by atoms with Gasteiger partial charge in [-0.2, -0.15) is 0 Å². The van der Waals surface area contributed by atoms with E-state index in [4.69, 9.17) is 4.74 Å². The van der Waals surface area contributed by atoms with Crippen LogP contribution in [0.15, 0.2) is 42.0 Å². The third-order valence-electron chi connectivity index (χ3n) is 11.1. The predicted molar refractivity (Wildman–Crippen MR) is 153 cm³/mol. The lowest BCUT2D eigenvalue weighted by atomic mass is 9.45. The van der Waals surface area contributed by atoms with Crippen molar-refractivity contribution in [1.82, 2.24) is 5.32 Å². The SMILES string of the molecule is C[C@]12C[C@H](O)[C@H]3[C@H](CCC4=CC(=O)CC[C@]43C)[C@H]1CC[C@@]2(O)C(=O)COC(=O)CCC(=O)N[C@H](C(=O)O)c1ccccc1. The maximum atomic E-state index is 13.4. The second-order valence-electron chi connectivity index (χ2n) is 13.3. The van der Waals surface area contributed by atoms with Gasteiger partial charge in [-0.05, 0) is 73.3 Å². The summed E-state index contributed by atoms with van der Waals surface area (Å²) in [5, 5.41) is 35.2. The van der Waals surface area contributed by atoms with Crippen molar-refractivity contribution >= 4 is 29.4 Å². The summed E-state index contributed by atoms with van der Waals surface area (Å²) in [6.07, 6.45) is 4.07. The van der Waals surface area contributed by atoms with Gasteiger partial charge in [0.25, 0.3) is 0 Å². The maximum absolute atomic E-state index is 13.4. The predicted octanol–water partition coefficient (Wildman–Crippen LogP) is 3.05.